The highest BCUT2D eigenvalue weighted by Gasteiger charge is 2.45. The van der Waals surface area contributed by atoms with E-state index in [9.17, 15) is 19.2 Å². The first-order chi connectivity index (χ1) is 18.1. The minimum absolute atomic E-state index is 0.0393. The number of carbonyl (C=O) groups excluding carboxylic acids is 4. The van der Waals surface area contributed by atoms with E-state index in [0.717, 1.165) is 0 Å². The van der Waals surface area contributed by atoms with Gasteiger partial charge >= 0.3 is 17.9 Å². The predicted octanol–water partition coefficient (Wildman–Crippen LogP) is 6.78. The van der Waals surface area contributed by atoms with E-state index in [1.54, 1.807) is 41.5 Å². The molecule has 2 unspecified atom stereocenters. The maximum absolute atomic E-state index is 13.3. The molecule has 0 spiro atoms. The zero-order chi connectivity index (χ0) is 30.1. The summed E-state index contributed by atoms with van der Waals surface area (Å²) in [6, 6.07) is 3.02. The molecule has 1 aromatic rings. The minimum Gasteiger partial charge on any atom is -0.491 e. The van der Waals surface area contributed by atoms with Crippen LogP contribution in [0, 0.1) is 10.8 Å². The van der Waals surface area contributed by atoms with E-state index in [1.807, 2.05) is 6.92 Å². The SMILES string of the molecule is C=C(CC)C(=O)c1ccc(OCC(C)(CC)C(=O)O[C@@H](C)C(C)(CC)C(=O)O[C@@H](C)C(=O)OCC)c(Cl)c1Cl. The van der Waals surface area contributed by atoms with Crippen molar-refractivity contribution < 1.29 is 38.1 Å². The lowest BCUT2D eigenvalue weighted by molar-refractivity contribution is -0.185. The molecule has 0 saturated carbocycles. The monoisotopic (exact) mass is 586 g/mol. The van der Waals surface area contributed by atoms with Crippen LogP contribution in [0.15, 0.2) is 24.3 Å². The molecule has 0 aromatic heterocycles. The quantitative estimate of drug-likeness (QED) is 0.0957. The summed E-state index contributed by atoms with van der Waals surface area (Å²) in [7, 11) is 0. The van der Waals surface area contributed by atoms with Crippen LogP contribution in [0.3, 0.4) is 0 Å². The van der Waals surface area contributed by atoms with E-state index in [2.05, 4.69) is 6.58 Å². The van der Waals surface area contributed by atoms with Gasteiger partial charge in [-0.2, -0.15) is 0 Å². The molecule has 0 amide bonds. The van der Waals surface area contributed by atoms with Crippen molar-refractivity contribution in [3.05, 3.63) is 39.9 Å². The maximum Gasteiger partial charge on any atom is 0.347 e. The number of esters is 3. The number of hydrogen-bond acceptors (Lipinski definition) is 8. The van der Waals surface area contributed by atoms with Gasteiger partial charge < -0.3 is 18.9 Å². The number of halogens is 2. The van der Waals surface area contributed by atoms with Gasteiger partial charge in [-0.05, 0) is 71.6 Å². The van der Waals surface area contributed by atoms with Crippen LogP contribution in [0.5, 0.6) is 5.75 Å². The Morgan fingerprint density at radius 1 is 0.923 bits per heavy atom. The average molecular weight is 588 g/mol. The Kier molecular flexibility index (Phi) is 13.0. The first kappa shape index (κ1) is 34.4. The molecule has 0 aliphatic rings. The molecular formula is C29H40Cl2O8. The zero-order valence-electron chi connectivity index (χ0n) is 24.1. The molecule has 1 aromatic carbocycles. The van der Waals surface area contributed by atoms with E-state index in [0.29, 0.717) is 24.8 Å². The molecule has 0 saturated heterocycles. The Morgan fingerprint density at radius 3 is 2.05 bits per heavy atom. The number of ether oxygens (including phenoxy) is 4. The third-order valence-electron chi connectivity index (χ3n) is 7.14. The standard InChI is InChI=1S/C29H40Cl2O8/c1-10-17(5)24(32)20-14-15-21(23(31)22(20)30)37-16-28(8,11-2)26(34)39-19(7)29(9,12-3)27(35)38-18(6)25(33)36-13-4/h14-15,18-19H,5,10-13,16H2,1-4,6-9H3/t18-,19-,28?,29?/m0/s1. The van der Waals surface area contributed by atoms with Gasteiger partial charge in [0, 0.05) is 5.56 Å². The lowest BCUT2D eigenvalue weighted by Gasteiger charge is -2.35. The van der Waals surface area contributed by atoms with Gasteiger partial charge in [-0.15, -0.1) is 0 Å². The Morgan fingerprint density at radius 2 is 1.54 bits per heavy atom. The summed E-state index contributed by atoms with van der Waals surface area (Å²) < 4.78 is 21.8. The molecule has 0 aliphatic carbocycles. The Labute approximate surface area is 241 Å². The van der Waals surface area contributed by atoms with Crippen LogP contribution in [-0.2, 0) is 28.6 Å². The summed E-state index contributed by atoms with van der Waals surface area (Å²) in [5, 5.41) is 0.0843. The number of ketones is 1. The largest absolute Gasteiger partial charge is 0.491 e. The number of allylic oxidation sites excluding steroid dienone is 1. The predicted molar refractivity (Wildman–Crippen MR) is 150 cm³/mol. The van der Waals surface area contributed by atoms with E-state index in [4.69, 9.17) is 42.1 Å². The molecule has 0 radical (unpaired) electrons. The highest BCUT2D eigenvalue weighted by Crippen LogP contribution is 2.38. The molecule has 1 rings (SSSR count). The molecule has 0 aliphatic heterocycles. The van der Waals surface area contributed by atoms with Gasteiger partial charge in [0.25, 0.3) is 0 Å². The van der Waals surface area contributed by atoms with Gasteiger partial charge in [-0.3, -0.25) is 14.4 Å². The number of hydrogen-bond donors (Lipinski definition) is 0. The number of carbonyl (C=O) groups is 4. The van der Waals surface area contributed by atoms with Gasteiger partial charge in [-0.25, -0.2) is 4.79 Å². The summed E-state index contributed by atoms with van der Waals surface area (Å²) in [5.74, 6) is -2.02. The highest BCUT2D eigenvalue weighted by molar-refractivity contribution is 6.45. The lowest BCUT2D eigenvalue weighted by Crippen LogP contribution is -2.46. The minimum atomic E-state index is -1.21. The molecule has 4 atom stereocenters. The van der Waals surface area contributed by atoms with Crippen LogP contribution in [-0.4, -0.2) is 49.1 Å². The molecule has 0 heterocycles. The van der Waals surface area contributed by atoms with Gasteiger partial charge in [0.05, 0.1) is 17.0 Å². The molecule has 218 valence electrons. The van der Waals surface area contributed by atoms with Crippen LogP contribution in [0.4, 0.5) is 0 Å². The molecule has 0 fully saturated rings. The fraction of sp³-hybridized carbons (Fsp3) is 0.586. The van der Waals surface area contributed by atoms with Crippen LogP contribution in [0.2, 0.25) is 10.0 Å². The third kappa shape index (κ3) is 8.21. The summed E-state index contributed by atoms with van der Waals surface area (Å²) in [4.78, 5) is 50.7. The van der Waals surface area contributed by atoms with Crippen molar-refractivity contribution in [2.45, 2.75) is 86.9 Å². The van der Waals surface area contributed by atoms with Crippen molar-refractivity contribution in [3.63, 3.8) is 0 Å². The lowest BCUT2D eigenvalue weighted by atomic mass is 9.81. The molecular weight excluding hydrogens is 547 g/mol. The van der Waals surface area contributed by atoms with Crippen molar-refractivity contribution in [1.29, 1.82) is 0 Å². The van der Waals surface area contributed by atoms with Gasteiger partial charge in [0.15, 0.2) is 11.9 Å². The van der Waals surface area contributed by atoms with E-state index in [1.165, 1.54) is 19.1 Å². The van der Waals surface area contributed by atoms with Crippen molar-refractivity contribution >= 4 is 46.9 Å². The summed E-state index contributed by atoms with van der Waals surface area (Å²) in [5.41, 5.74) is -1.70. The van der Waals surface area contributed by atoms with E-state index >= 15 is 0 Å². The number of benzene rings is 1. The fourth-order valence-electron chi connectivity index (χ4n) is 3.35. The van der Waals surface area contributed by atoms with Gasteiger partial charge in [-0.1, -0.05) is 50.6 Å². The summed E-state index contributed by atoms with van der Waals surface area (Å²) in [6.45, 7) is 17.1. The van der Waals surface area contributed by atoms with Crippen molar-refractivity contribution in [1.82, 2.24) is 0 Å². The van der Waals surface area contributed by atoms with Crippen molar-refractivity contribution in [3.8, 4) is 5.75 Å². The first-order valence-electron chi connectivity index (χ1n) is 13.0. The average Bonchev–Trinajstić information content (AvgIpc) is 2.91. The topological polar surface area (TPSA) is 105 Å². The van der Waals surface area contributed by atoms with Crippen LogP contribution in [0.25, 0.3) is 0 Å². The molecule has 8 nitrogen and oxygen atoms in total. The van der Waals surface area contributed by atoms with Crippen LogP contribution >= 0.6 is 23.2 Å². The van der Waals surface area contributed by atoms with E-state index < -0.39 is 40.9 Å². The number of rotatable bonds is 15. The molecule has 10 heteroatoms. The molecule has 0 N–H and O–H groups in total. The fourth-order valence-corrected chi connectivity index (χ4v) is 3.81. The Balaban J connectivity index is 3.03. The first-order valence-corrected chi connectivity index (χ1v) is 13.8. The third-order valence-corrected chi connectivity index (χ3v) is 8.01. The van der Waals surface area contributed by atoms with Crippen LogP contribution in [0.1, 0.15) is 85.0 Å². The molecule has 0 bridgehead atoms. The van der Waals surface area contributed by atoms with Crippen molar-refractivity contribution in [2.75, 3.05) is 13.2 Å². The second kappa shape index (κ2) is 14.7. The Hall–Kier alpha value is -2.58. The summed E-state index contributed by atoms with van der Waals surface area (Å²) in [6.07, 6.45) is -0.862. The summed E-state index contributed by atoms with van der Waals surface area (Å²) >= 11 is 12.7. The molecule has 39 heavy (non-hydrogen) atoms. The maximum atomic E-state index is 13.3. The van der Waals surface area contributed by atoms with E-state index in [-0.39, 0.29) is 40.4 Å². The highest BCUT2D eigenvalue weighted by atomic mass is 35.5. The Bertz CT molecular complexity index is 1090. The second-order valence-corrected chi connectivity index (χ2v) is 10.6. The normalized spacial score (nSPS) is 15.6. The van der Waals surface area contributed by atoms with Crippen molar-refractivity contribution in [2.24, 2.45) is 10.8 Å². The van der Waals surface area contributed by atoms with Crippen LogP contribution < -0.4 is 4.74 Å². The second-order valence-electron chi connectivity index (χ2n) is 9.85. The zero-order valence-corrected chi connectivity index (χ0v) is 25.6. The van der Waals surface area contributed by atoms with Gasteiger partial charge in [0.2, 0.25) is 0 Å². The number of Topliss-reactive ketones (excluding diaryl/α,β-unsaturated/α-hetero) is 1. The van der Waals surface area contributed by atoms with Gasteiger partial charge in [0.1, 0.15) is 28.9 Å². The smallest absolute Gasteiger partial charge is 0.347 e.